The molecule has 5 heteroatoms. The molecule has 2 aromatic rings. The molecule has 0 radical (unpaired) electrons. The van der Waals surface area contributed by atoms with Crippen molar-refractivity contribution in [3.05, 3.63) is 78.4 Å². The summed E-state index contributed by atoms with van der Waals surface area (Å²) in [6.07, 6.45) is 2.49. The number of hydrogen-bond donors (Lipinski definition) is 1. The molecule has 0 bridgehead atoms. The standard InChI is InChI=1S/C24H30N2O3/c1-5-22(28)26(16-17-27)21-14-12-20(13-15-21)23(29)24(6-2,25(3)4)18-19-10-8-7-9-11-19/h5,7-15,27H,1,6,16-18H2,2-4H3. The normalized spacial score (nSPS) is 13.0. The van der Waals surface area contributed by atoms with Gasteiger partial charge in [0.15, 0.2) is 5.78 Å². The van der Waals surface area contributed by atoms with Gasteiger partial charge in [-0.05, 0) is 62.8 Å². The summed E-state index contributed by atoms with van der Waals surface area (Å²) in [5.74, 6) is -0.248. The summed E-state index contributed by atoms with van der Waals surface area (Å²) >= 11 is 0. The Balaban J connectivity index is 2.36. The minimum Gasteiger partial charge on any atom is -0.395 e. The van der Waals surface area contributed by atoms with Crippen LogP contribution in [-0.2, 0) is 11.2 Å². The first-order chi connectivity index (χ1) is 13.9. The largest absolute Gasteiger partial charge is 0.395 e. The molecule has 154 valence electrons. The van der Waals surface area contributed by atoms with Gasteiger partial charge in [0.25, 0.3) is 0 Å². The maximum Gasteiger partial charge on any atom is 0.250 e. The molecule has 0 saturated heterocycles. The van der Waals surface area contributed by atoms with Gasteiger partial charge in [-0.1, -0.05) is 43.8 Å². The average molecular weight is 395 g/mol. The Hall–Kier alpha value is -2.76. The van der Waals surface area contributed by atoms with Crippen LogP contribution >= 0.6 is 0 Å². The van der Waals surface area contributed by atoms with Gasteiger partial charge in [0.1, 0.15) is 0 Å². The molecule has 0 spiro atoms. The van der Waals surface area contributed by atoms with Crippen LogP contribution in [0.5, 0.6) is 0 Å². The van der Waals surface area contributed by atoms with Crippen LogP contribution in [0, 0.1) is 0 Å². The van der Waals surface area contributed by atoms with E-state index in [0.717, 1.165) is 5.56 Å². The summed E-state index contributed by atoms with van der Waals surface area (Å²) in [4.78, 5) is 29.0. The maximum atomic E-state index is 13.6. The summed E-state index contributed by atoms with van der Waals surface area (Å²) in [5, 5.41) is 9.24. The fraction of sp³-hybridized carbons (Fsp3) is 0.333. The van der Waals surface area contributed by atoms with Gasteiger partial charge in [0.05, 0.1) is 12.1 Å². The van der Waals surface area contributed by atoms with Crippen LogP contribution in [0.25, 0.3) is 0 Å². The SMILES string of the molecule is C=CC(=O)N(CCO)c1ccc(C(=O)C(CC)(Cc2ccccc2)N(C)C)cc1. The molecule has 0 fully saturated rings. The van der Waals surface area contributed by atoms with Gasteiger partial charge in [-0.2, -0.15) is 0 Å². The molecule has 0 saturated carbocycles. The van der Waals surface area contributed by atoms with Crippen molar-refractivity contribution in [2.45, 2.75) is 25.3 Å². The van der Waals surface area contributed by atoms with E-state index in [2.05, 4.69) is 6.58 Å². The first-order valence-electron chi connectivity index (χ1n) is 9.80. The van der Waals surface area contributed by atoms with E-state index in [9.17, 15) is 14.7 Å². The highest BCUT2D eigenvalue weighted by atomic mass is 16.3. The highest BCUT2D eigenvalue weighted by Gasteiger charge is 2.39. The van der Waals surface area contributed by atoms with Gasteiger partial charge >= 0.3 is 0 Å². The van der Waals surface area contributed by atoms with Gasteiger partial charge in [-0.25, -0.2) is 0 Å². The molecule has 5 nitrogen and oxygen atoms in total. The molecule has 1 unspecified atom stereocenters. The zero-order valence-electron chi connectivity index (χ0n) is 17.5. The molecule has 0 aliphatic carbocycles. The van der Waals surface area contributed by atoms with Crippen molar-refractivity contribution in [2.24, 2.45) is 0 Å². The van der Waals surface area contributed by atoms with Crippen LogP contribution in [0.15, 0.2) is 67.3 Å². The molecule has 2 aromatic carbocycles. The lowest BCUT2D eigenvalue weighted by Crippen LogP contribution is -2.52. The van der Waals surface area contributed by atoms with Crippen LogP contribution < -0.4 is 4.90 Å². The number of hydrogen-bond acceptors (Lipinski definition) is 4. The van der Waals surface area contributed by atoms with Crippen molar-refractivity contribution in [3.63, 3.8) is 0 Å². The Morgan fingerprint density at radius 3 is 2.17 bits per heavy atom. The van der Waals surface area contributed by atoms with Crippen molar-refractivity contribution in [2.75, 3.05) is 32.1 Å². The van der Waals surface area contributed by atoms with Crippen molar-refractivity contribution >= 4 is 17.4 Å². The fourth-order valence-electron chi connectivity index (χ4n) is 3.61. The summed E-state index contributed by atoms with van der Waals surface area (Å²) in [7, 11) is 3.87. The number of Topliss-reactive ketones (excluding diaryl/α,β-unsaturated/α-hetero) is 1. The number of carbonyl (C=O) groups is 2. The second-order valence-corrected chi connectivity index (χ2v) is 7.24. The van der Waals surface area contributed by atoms with E-state index in [1.54, 1.807) is 24.3 Å². The Labute approximate surface area is 173 Å². The lowest BCUT2D eigenvalue weighted by molar-refractivity contribution is -0.114. The molecule has 29 heavy (non-hydrogen) atoms. The number of amides is 1. The summed E-state index contributed by atoms with van der Waals surface area (Å²) in [6, 6.07) is 17.0. The number of likely N-dealkylation sites (N-methyl/N-ethyl adjacent to an activating group) is 1. The smallest absolute Gasteiger partial charge is 0.250 e. The van der Waals surface area contributed by atoms with Crippen LogP contribution in [0.1, 0.15) is 29.3 Å². The summed E-state index contributed by atoms with van der Waals surface area (Å²) in [5.41, 5.74) is 1.66. The quantitative estimate of drug-likeness (QED) is 0.496. The number of nitrogens with zero attached hydrogens (tertiary/aromatic N) is 2. The molecular formula is C24H30N2O3. The second-order valence-electron chi connectivity index (χ2n) is 7.24. The van der Waals surface area contributed by atoms with E-state index in [1.807, 2.05) is 56.3 Å². The molecule has 0 heterocycles. The lowest BCUT2D eigenvalue weighted by Gasteiger charge is -2.38. The van der Waals surface area contributed by atoms with Gasteiger partial charge in [-0.15, -0.1) is 0 Å². The topological polar surface area (TPSA) is 60.9 Å². The second kappa shape index (κ2) is 10.1. The number of carbonyl (C=O) groups excluding carboxylic acids is 2. The Kier molecular flexibility index (Phi) is 7.88. The molecule has 1 N–H and O–H groups in total. The fourth-order valence-corrected chi connectivity index (χ4v) is 3.61. The lowest BCUT2D eigenvalue weighted by atomic mass is 9.80. The Morgan fingerprint density at radius 1 is 1.07 bits per heavy atom. The third kappa shape index (κ3) is 5.00. The van der Waals surface area contributed by atoms with Crippen LogP contribution in [0.2, 0.25) is 0 Å². The van der Waals surface area contributed by atoms with Crippen LogP contribution in [0.4, 0.5) is 5.69 Å². The van der Waals surface area contributed by atoms with Gasteiger partial charge in [-0.3, -0.25) is 14.5 Å². The molecule has 0 aliphatic rings. The third-order valence-electron chi connectivity index (χ3n) is 5.41. The van der Waals surface area contributed by atoms with Gasteiger partial charge in [0.2, 0.25) is 5.91 Å². The molecule has 0 aliphatic heterocycles. The number of rotatable bonds is 10. The van der Waals surface area contributed by atoms with Crippen molar-refractivity contribution in [3.8, 4) is 0 Å². The van der Waals surface area contributed by atoms with Crippen molar-refractivity contribution < 1.29 is 14.7 Å². The minimum atomic E-state index is -0.662. The minimum absolute atomic E-state index is 0.0455. The maximum absolute atomic E-state index is 13.6. The van der Waals surface area contributed by atoms with Gasteiger partial charge < -0.3 is 10.0 Å². The highest BCUT2D eigenvalue weighted by Crippen LogP contribution is 2.28. The van der Waals surface area contributed by atoms with E-state index in [-0.39, 0.29) is 24.8 Å². The Morgan fingerprint density at radius 2 is 1.69 bits per heavy atom. The first-order valence-corrected chi connectivity index (χ1v) is 9.80. The van der Waals surface area contributed by atoms with E-state index < -0.39 is 5.54 Å². The molecule has 2 rings (SSSR count). The molecule has 1 amide bonds. The number of benzene rings is 2. The zero-order valence-corrected chi connectivity index (χ0v) is 17.5. The highest BCUT2D eigenvalue weighted by molar-refractivity contribution is 6.05. The Bertz CT molecular complexity index is 831. The van der Waals surface area contributed by atoms with Crippen molar-refractivity contribution in [1.82, 2.24) is 4.90 Å². The monoisotopic (exact) mass is 394 g/mol. The molecule has 0 aromatic heterocycles. The van der Waals surface area contributed by atoms with Crippen LogP contribution in [-0.4, -0.2) is 54.5 Å². The predicted molar refractivity (Wildman–Crippen MR) is 117 cm³/mol. The summed E-state index contributed by atoms with van der Waals surface area (Å²) in [6.45, 7) is 5.55. The molecular weight excluding hydrogens is 364 g/mol. The van der Waals surface area contributed by atoms with Crippen molar-refractivity contribution in [1.29, 1.82) is 0 Å². The number of aliphatic hydroxyl groups is 1. The van der Waals surface area contributed by atoms with Gasteiger partial charge in [0, 0.05) is 17.8 Å². The first kappa shape index (κ1) is 22.5. The van der Waals surface area contributed by atoms with E-state index in [0.29, 0.717) is 24.1 Å². The van der Waals surface area contributed by atoms with E-state index in [1.165, 1.54) is 11.0 Å². The van der Waals surface area contributed by atoms with Crippen LogP contribution in [0.3, 0.4) is 0 Å². The number of ketones is 1. The average Bonchev–Trinajstić information content (AvgIpc) is 2.75. The zero-order chi connectivity index (χ0) is 21.4. The summed E-state index contributed by atoms with van der Waals surface area (Å²) < 4.78 is 0. The van der Waals surface area contributed by atoms with E-state index in [4.69, 9.17) is 0 Å². The number of aliphatic hydroxyl groups excluding tert-OH is 1. The number of anilines is 1. The molecule has 1 atom stereocenters. The van der Waals surface area contributed by atoms with E-state index >= 15 is 0 Å². The third-order valence-corrected chi connectivity index (χ3v) is 5.41. The predicted octanol–water partition coefficient (Wildman–Crippen LogP) is 3.33.